The fraction of sp³-hybridized carbons (Fsp3) is 0.312. The van der Waals surface area contributed by atoms with Crippen LogP contribution in [-0.2, 0) is 4.79 Å². The van der Waals surface area contributed by atoms with E-state index in [1.54, 1.807) is 0 Å². The summed E-state index contributed by atoms with van der Waals surface area (Å²) in [7, 11) is 0. The van der Waals surface area contributed by atoms with E-state index in [9.17, 15) is 4.79 Å². The summed E-state index contributed by atoms with van der Waals surface area (Å²) >= 11 is 9.61. The van der Waals surface area contributed by atoms with Crippen molar-refractivity contribution >= 4 is 50.8 Å². The Morgan fingerprint density at radius 1 is 1.29 bits per heavy atom. The van der Waals surface area contributed by atoms with Gasteiger partial charge >= 0.3 is 0 Å². The Balaban J connectivity index is 1.62. The molecule has 3 rings (SSSR count). The van der Waals surface area contributed by atoms with Crippen LogP contribution in [0.25, 0.3) is 0 Å². The molecule has 2 aromatic rings. The molecule has 1 aliphatic rings. The van der Waals surface area contributed by atoms with Crippen LogP contribution in [0.5, 0.6) is 0 Å². The zero-order valence-corrected chi connectivity index (χ0v) is 15.2. The average Bonchev–Trinajstić information content (AvgIpc) is 2.59. The van der Waals surface area contributed by atoms with Crippen molar-refractivity contribution in [2.75, 3.05) is 29.0 Å². The van der Waals surface area contributed by atoms with Crippen LogP contribution < -0.4 is 16.0 Å². The van der Waals surface area contributed by atoms with Crippen LogP contribution in [0, 0.1) is 5.92 Å². The van der Waals surface area contributed by atoms with Gasteiger partial charge in [-0.15, -0.1) is 0 Å². The highest BCUT2D eigenvalue weighted by Crippen LogP contribution is 2.31. The molecule has 0 bridgehead atoms. The van der Waals surface area contributed by atoms with Crippen LogP contribution in [-0.4, -0.2) is 29.0 Å². The number of carbonyl (C=O) groups excluding carboxylic acids is 1. The number of carbonyl (C=O) groups is 1. The van der Waals surface area contributed by atoms with Gasteiger partial charge in [0.05, 0.1) is 5.69 Å². The maximum atomic E-state index is 12.5. The first-order valence-electron chi connectivity index (χ1n) is 7.62. The van der Waals surface area contributed by atoms with E-state index in [1.807, 2.05) is 29.2 Å². The number of piperidine rings is 1. The predicted molar refractivity (Wildman–Crippen MR) is 99.2 cm³/mol. The molecular formula is C16H17BrClN5O. The molecule has 0 aliphatic carbocycles. The number of hydrogen-bond donors (Lipinski definition) is 2. The Kier molecular flexibility index (Phi) is 5.20. The number of amides is 1. The third-order valence-corrected chi connectivity index (χ3v) is 5.15. The number of benzene rings is 1. The number of nitrogen functional groups attached to an aromatic ring is 1. The van der Waals surface area contributed by atoms with Gasteiger partial charge in [0.15, 0.2) is 5.82 Å². The molecule has 0 radical (unpaired) electrons. The first-order valence-corrected chi connectivity index (χ1v) is 8.79. The van der Waals surface area contributed by atoms with E-state index in [-0.39, 0.29) is 17.6 Å². The molecule has 0 spiro atoms. The predicted octanol–water partition coefficient (Wildman–Crippen LogP) is 3.33. The molecule has 8 heteroatoms. The monoisotopic (exact) mass is 409 g/mol. The number of nitrogens with two attached hydrogens (primary N) is 1. The Bertz CT molecular complexity index is 749. The lowest BCUT2D eigenvalue weighted by Gasteiger charge is -2.32. The standard InChI is InChI=1S/C16H17BrClN5O/c17-11-3-1-2-4-12(11)22-16(24)10-5-7-23(8-6-10)15-13(18)14(19)20-9-21-15/h1-4,9-10H,5-8H2,(H,22,24)(H2,19,20,21). The Labute approximate surface area is 153 Å². The van der Waals surface area contributed by atoms with Crippen LogP contribution in [0.2, 0.25) is 5.02 Å². The van der Waals surface area contributed by atoms with Crippen molar-refractivity contribution in [2.45, 2.75) is 12.8 Å². The van der Waals surface area contributed by atoms with Gasteiger partial charge < -0.3 is 16.0 Å². The van der Waals surface area contributed by atoms with Crippen LogP contribution in [0.15, 0.2) is 35.1 Å². The quantitative estimate of drug-likeness (QED) is 0.811. The van der Waals surface area contributed by atoms with Crippen molar-refractivity contribution < 1.29 is 4.79 Å². The Morgan fingerprint density at radius 2 is 2.00 bits per heavy atom. The van der Waals surface area contributed by atoms with E-state index in [2.05, 4.69) is 31.2 Å². The lowest BCUT2D eigenvalue weighted by Crippen LogP contribution is -2.38. The summed E-state index contributed by atoms with van der Waals surface area (Å²) in [5.74, 6) is 0.908. The molecule has 1 fully saturated rings. The van der Waals surface area contributed by atoms with Crippen LogP contribution >= 0.6 is 27.5 Å². The number of nitrogens with one attached hydrogen (secondary N) is 1. The highest BCUT2D eigenvalue weighted by atomic mass is 79.9. The van der Waals surface area contributed by atoms with Crippen molar-refractivity contribution in [3.63, 3.8) is 0 Å². The summed E-state index contributed by atoms with van der Waals surface area (Å²) in [6, 6.07) is 7.58. The molecule has 1 aliphatic heterocycles. The molecule has 126 valence electrons. The summed E-state index contributed by atoms with van der Waals surface area (Å²) in [5.41, 5.74) is 6.51. The smallest absolute Gasteiger partial charge is 0.227 e. The van der Waals surface area contributed by atoms with Gasteiger partial charge in [0.2, 0.25) is 5.91 Å². The van der Waals surface area contributed by atoms with Crippen LogP contribution in [0.3, 0.4) is 0 Å². The normalized spacial score (nSPS) is 15.3. The molecule has 1 aromatic carbocycles. The largest absolute Gasteiger partial charge is 0.382 e. The molecule has 3 N–H and O–H groups in total. The molecule has 1 aromatic heterocycles. The first kappa shape index (κ1) is 17.0. The Morgan fingerprint density at radius 3 is 2.71 bits per heavy atom. The molecular weight excluding hydrogens is 394 g/mol. The van der Waals surface area contributed by atoms with Gasteiger partial charge in [0, 0.05) is 23.5 Å². The van der Waals surface area contributed by atoms with Gasteiger partial charge in [-0.3, -0.25) is 4.79 Å². The molecule has 0 unspecified atom stereocenters. The first-order chi connectivity index (χ1) is 11.6. The number of halogens is 2. The number of anilines is 3. The van der Waals surface area contributed by atoms with Crippen molar-refractivity contribution in [2.24, 2.45) is 5.92 Å². The average molecular weight is 411 g/mol. The van der Waals surface area contributed by atoms with Gasteiger partial charge in [-0.05, 0) is 40.9 Å². The van der Waals surface area contributed by atoms with Gasteiger partial charge in [0.25, 0.3) is 0 Å². The highest BCUT2D eigenvalue weighted by Gasteiger charge is 2.27. The third kappa shape index (κ3) is 3.62. The highest BCUT2D eigenvalue weighted by molar-refractivity contribution is 9.10. The zero-order chi connectivity index (χ0) is 17.1. The molecule has 24 heavy (non-hydrogen) atoms. The summed E-state index contributed by atoms with van der Waals surface area (Å²) in [4.78, 5) is 22.6. The topological polar surface area (TPSA) is 84.1 Å². The summed E-state index contributed by atoms with van der Waals surface area (Å²) in [6.45, 7) is 1.40. The molecule has 1 amide bonds. The molecule has 2 heterocycles. The fourth-order valence-electron chi connectivity index (χ4n) is 2.74. The van der Waals surface area contributed by atoms with Crippen molar-refractivity contribution in [1.82, 2.24) is 9.97 Å². The lowest BCUT2D eigenvalue weighted by atomic mass is 9.96. The van der Waals surface area contributed by atoms with Crippen LogP contribution in [0.4, 0.5) is 17.3 Å². The van der Waals surface area contributed by atoms with Crippen molar-refractivity contribution in [3.05, 3.63) is 40.1 Å². The third-order valence-electron chi connectivity index (χ3n) is 4.10. The number of aromatic nitrogens is 2. The minimum Gasteiger partial charge on any atom is -0.382 e. The van der Waals surface area contributed by atoms with Gasteiger partial charge in [0.1, 0.15) is 17.2 Å². The van der Waals surface area contributed by atoms with E-state index in [0.29, 0.717) is 23.9 Å². The summed E-state index contributed by atoms with van der Waals surface area (Å²) in [6.07, 6.45) is 2.87. The number of para-hydroxylation sites is 1. The number of rotatable bonds is 3. The summed E-state index contributed by atoms with van der Waals surface area (Å²) < 4.78 is 0.874. The van der Waals surface area contributed by atoms with E-state index in [1.165, 1.54) is 6.33 Å². The van der Waals surface area contributed by atoms with Crippen molar-refractivity contribution in [3.8, 4) is 0 Å². The second-order valence-electron chi connectivity index (χ2n) is 5.63. The van der Waals surface area contributed by atoms with E-state index in [0.717, 1.165) is 23.0 Å². The molecule has 0 atom stereocenters. The van der Waals surface area contributed by atoms with Gasteiger partial charge in [-0.2, -0.15) is 0 Å². The molecule has 6 nitrogen and oxygen atoms in total. The number of nitrogens with zero attached hydrogens (tertiary/aromatic N) is 3. The lowest BCUT2D eigenvalue weighted by molar-refractivity contribution is -0.120. The van der Waals surface area contributed by atoms with Crippen molar-refractivity contribution in [1.29, 1.82) is 0 Å². The van der Waals surface area contributed by atoms with Gasteiger partial charge in [-0.25, -0.2) is 9.97 Å². The van der Waals surface area contributed by atoms with E-state index in [4.69, 9.17) is 17.3 Å². The maximum Gasteiger partial charge on any atom is 0.227 e. The van der Waals surface area contributed by atoms with Crippen LogP contribution in [0.1, 0.15) is 12.8 Å². The second-order valence-corrected chi connectivity index (χ2v) is 6.86. The SMILES string of the molecule is Nc1ncnc(N2CCC(C(=O)Nc3ccccc3Br)CC2)c1Cl. The number of hydrogen-bond acceptors (Lipinski definition) is 5. The minimum atomic E-state index is -0.0358. The van der Waals surface area contributed by atoms with Gasteiger partial charge in [-0.1, -0.05) is 23.7 Å². The van der Waals surface area contributed by atoms with E-state index >= 15 is 0 Å². The Hall–Kier alpha value is -1.86. The maximum absolute atomic E-state index is 12.5. The fourth-order valence-corrected chi connectivity index (χ4v) is 3.35. The van der Waals surface area contributed by atoms with E-state index < -0.39 is 0 Å². The molecule has 0 saturated carbocycles. The minimum absolute atomic E-state index is 0.0358. The zero-order valence-electron chi connectivity index (χ0n) is 12.9. The summed E-state index contributed by atoms with van der Waals surface area (Å²) in [5, 5.41) is 3.35. The second kappa shape index (κ2) is 7.36. The molecule has 1 saturated heterocycles.